The maximum absolute atomic E-state index is 6.33. The smallest absolute Gasteiger partial charge is 0.201 e. The van der Waals surface area contributed by atoms with Gasteiger partial charge in [0.2, 0.25) is 3.79 Å². The Labute approximate surface area is 162 Å². The average Bonchev–Trinajstić information content (AvgIpc) is 2.61. The van der Waals surface area contributed by atoms with Crippen LogP contribution in [0.25, 0.3) is 0 Å². The fourth-order valence-electron chi connectivity index (χ4n) is 2.63. The Hall–Kier alpha value is -1.49. The van der Waals surface area contributed by atoms with Gasteiger partial charge in [0.1, 0.15) is 23.0 Å². The van der Waals surface area contributed by atoms with Gasteiger partial charge in [0, 0.05) is 23.3 Å². The van der Waals surface area contributed by atoms with Crippen LogP contribution in [0.5, 0.6) is 23.0 Å². The third kappa shape index (κ3) is 4.38. The molecular formula is C18H19Cl3O4. The molecule has 0 atom stereocenters. The lowest BCUT2D eigenvalue weighted by Gasteiger charge is -2.28. The second kappa shape index (κ2) is 8.26. The Morgan fingerprint density at radius 1 is 0.680 bits per heavy atom. The molecule has 4 nitrogen and oxygen atoms in total. The van der Waals surface area contributed by atoms with Crippen LogP contribution in [0.1, 0.15) is 17.0 Å². The van der Waals surface area contributed by atoms with Crippen LogP contribution in [0.4, 0.5) is 0 Å². The molecule has 0 aliphatic rings. The molecule has 0 aliphatic carbocycles. The quantitative estimate of drug-likeness (QED) is 0.617. The van der Waals surface area contributed by atoms with E-state index in [1.165, 1.54) is 0 Å². The van der Waals surface area contributed by atoms with Gasteiger partial charge in [0.05, 0.1) is 34.4 Å². The maximum Gasteiger partial charge on any atom is 0.201 e. The second-order valence-electron chi connectivity index (χ2n) is 5.19. The zero-order chi connectivity index (χ0) is 18.6. The van der Waals surface area contributed by atoms with Gasteiger partial charge in [-0.3, -0.25) is 0 Å². The van der Waals surface area contributed by atoms with Gasteiger partial charge in [-0.2, -0.15) is 0 Å². The van der Waals surface area contributed by atoms with E-state index in [9.17, 15) is 0 Å². The summed E-state index contributed by atoms with van der Waals surface area (Å²) in [6.07, 6.45) is 0. The number of halogens is 3. The summed E-state index contributed by atoms with van der Waals surface area (Å²) in [6, 6.07) is 10.7. The van der Waals surface area contributed by atoms with Crippen molar-refractivity contribution < 1.29 is 18.9 Å². The maximum atomic E-state index is 6.33. The van der Waals surface area contributed by atoms with Crippen molar-refractivity contribution in [2.45, 2.75) is 9.71 Å². The average molecular weight is 406 g/mol. The molecule has 0 amide bonds. The fourth-order valence-corrected chi connectivity index (χ4v) is 3.34. The topological polar surface area (TPSA) is 36.9 Å². The van der Waals surface area contributed by atoms with Crippen molar-refractivity contribution in [2.24, 2.45) is 0 Å². The van der Waals surface area contributed by atoms with Crippen molar-refractivity contribution >= 4 is 34.8 Å². The van der Waals surface area contributed by atoms with Crippen LogP contribution in [-0.2, 0) is 0 Å². The highest BCUT2D eigenvalue weighted by atomic mass is 35.6. The van der Waals surface area contributed by atoms with Crippen molar-refractivity contribution in [3.05, 3.63) is 47.5 Å². The number of methoxy groups -OCH3 is 4. The van der Waals surface area contributed by atoms with E-state index in [-0.39, 0.29) is 0 Å². The van der Waals surface area contributed by atoms with Gasteiger partial charge in [0.15, 0.2) is 0 Å². The molecular weight excluding hydrogens is 387 g/mol. The minimum Gasteiger partial charge on any atom is -0.497 e. The largest absolute Gasteiger partial charge is 0.497 e. The van der Waals surface area contributed by atoms with Gasteiger partial charge in [-0.15, -0.1) is 0 Å². The zero-order valence-corrected chi connectivity index (χ0v) is 16.6. The Balaban J connectivity index is 2.67. The molecule has 0 saturated carbocycles. The summed E-state index contributed by atoms with van der Waals surface area (Å²) in [6.45, 7) is 0. The first-order chi connectivity index (χ1) is 11.8. The summed E-state index contributed by atoms with van der Waals surface area (Å²) < 4.78 is 19.8. The first-order valence-electron chi connectivity index (χ1n) is 7.36. The number of rotatable bonds is 6. The molecule has 0 saturated heterocycles. The predicted molar refractivity (Wildman–Crippen MR) is 101 cm³/mol. The molecule has 0 heterocycles. The summed E-state index contributed by atoms with van der Waals surface area (Å²) in [5.41, 5.74) is 1.40. The lowest BCUT2D eigenvalue weighted by atomic mass is 9.90. The minimum absolute atomic E-state index is 0.550. The van der Waals surface area contributed by atoms with Gasteiger partial charge in [0.25, 0.3) is 0 Å². The van der Waals surface area contributed by atoms with Crippen molar-refractivity contribution in [1.29, 1.82) is 0 Å². The molecule has 0 fully saturated rings. The molecule has 2 aromatic carbocycles. The van der Waals surface area contributed by atoms with Gasteiger partial charge >= 0.3 is 0 Å². The summed E-state index contributed by atoms with van der Waals surface area (Å²) >= 11 is 19.0. The highest BCUT2D eigenvalue weighted by Gasteiger charge is 2.39. The van der Waals surface area contributed by atoms with Crippen molar-refractivity contribution in [3.63, 3.8) is 0 Å². The van der Waals surface area contributed by atoms with Crippen LogP contribution >= 0.6 is 34.8 Å². The second-order valence-corrected chi connectivity index (χ2v) is 7.56. The molecule has 2 aromatic rings. The van der Waals surface area contributed by atoms with E-state index in [0.29, 0.717) is 34.1 Å². The lowest BCUT2D eigenvalue weighted by molar-refractivity contribution is 0.384. The highest BCUT2D eigenvalue weighted by Crippen LogP contribution is 2.51. The summed E-state index contributed by atoms with van der Waals surface area (Å²) in [4.78, 5) is 0. The van der Waals surface area contributed by atoms with Gasteiger partial charge in [-0.05, 0) is 12.1 Å². The molecule has 0 N–H and O–H groups in total. The molecule has 2 rings (SSSR count). The van der Waals surface area contributed by atoms with E-state index in [1.54, 1.807) is 52.7 Å². The molecule has 0 spiro atoms. The first-order valence-corrected chi connectivity index (χ1v) is 8.49. The predicted octanol–water partition coefficient (Wildman–Crippen LogP) is 5.22. The molecule has 0 unspecified atom stereocenters. The van der Waals surface area contributed by atoms with Crippen LogP contribution in [-0.4, -0.2) is 32.2 Å². The van der Waals surface area contributed by atoms with Gasteiger partial charge in [-0.1, -0.05) is 46.9 Å². The van der Waals surface area contributed by atoms with E-state index >= 15 is 0 Å². The molecule has 0 bridgehead atoms. The van der Waals surface area contributed by atoms with Gasteiger partial charge in [-0.25, -0.2) is 0 Å². The fraction of sp³-hybridized carbons (Fsp3) is 0.333. The monoisotopic (exact) mass is 404 g/mol. The van der Waals surface area contributed by atoms with Crippen LogP contribution in [0.3, 0.4) is 0 Å². The molecule has 0 radical (unpaired) electrons. The SMILES string of the molecule is COc1ccc(C(c2ccc(OC)cc2OC)C(Cl)(Cl)Cl)c(OC)c1. The van der Waals surface area contributed by atoms with Crippen LogP contribution in [0.2, 0.25) is 0 Å². The van der Waals surface area contributed by atoms with E-state index in [0.717, 1.165) is 0 Å². The Morgan fingerprint density at radius 2 is 1.08 bits per heavy atom. The van der Waals surface area contributed by atoms with Crippen molar-refractivity contribution in [1.82, 2.24) is 0 Å². The van der Waals surface area contributed by atoms with Crippen LogP contribution < -0.4 is 18.9 Å². The van der Waals surface area contributed by atoms with E-state index in [4.69, 9.17) is 53.8 Å². The van der Waals surface area contributed by atoms with E-state index in [1.807, 2.05) is 12.1 Å². The van der Waals surface area contributed by atoms with Crippen LogP contribution in [0, 0.1) is 0 Å². The first kappa shape index (κ1) is 19.8. The highest BCUT2D eigenvalue weighted by molar-refractivity contribution is 6.68. The normalized spacial score (nSPS) is 11.4. The Kier molecular flexibility index (Phi) is 6.55. The van der Waals surface area contributed by atoms with E-state index < -0.39 is 9.71 Å². The minimum atomic E-state index is -1.64. The molecule has 0 aliphatic heterocycles. The molecule has 7 heteroatoms. The summed E-state index contributed by atoms with van der Waals surface area (Å²) in [7, 11) is 6.26. The third-order valence-corrected chi connectivity index (χ3v) is 4.49. The zero-order valence-electron chi connectivity index (χ0n) is 14.3. The number of ether oxygens (including phenoxy) is 4. The number of alkyl halides is 3. The van der Waals surface area contributed by atoms with E-state index in [2.05, 4.69) is 0 Å². The number of hydrogen-bond acceptors (Lipinski definition) is 4. The molecule has 25 heavy (non-hydrogen) atoms. The van der Waals surface area contributed by atoms with Crippen molar-refractivity contribution in [3.8, 4) is 23.0 Å². The summed E-state index contributed by atoms with van der Waals surface area (Å²) in [5.74, 6) is 1.76. The molecule has 0 aromatic heterocycles. The Bertz CT molecular complexity index is 673. The number of benzene rings is 2. The lowest BCUT2D eigenvalue weighted by Crippen LogP contribution is -2.20. The molecule has 136 valence electrons. The van der Waals surface area contributed by atoms with Gasteiger partial charge < -0.3 is 18.9 Å². The Morgan fingerprint density at radius 3 is 1.36 bits per heavy atom. The summed E-state index contributed by atoms with van der Waals surface area (Å²) in [5, 5.41) is 0. The number of hydrogen-bond donors (Lipinski definition) is 0. The third-order valence-electron chi connectivity index (χ3n) is 3.83. The van der Waals surface area contributed by atoms with Crippen LogP contribution in [0.15, 0.2) is 36.4 Å². The standard InChI is InChI=1S/C18H19Cl3O4/c1-22-11-5-7-13(15(9-11)24-3)17(18(19,20)21)14-8-6-12(23-2)10-16(14)25-4/h5-10,17H,1-4H3. The van der Waals surface area contributed by atoms with Crippen molar-refractivity contribution in [2.75, 3.05) is 28.4 Å².